The first kappa shape index (κ1) is 20.3. The van der Waals surface area contributed by atoms with Crippen LogP contribution in [0.2, 0.25) is 0 Å². The Morgan fingerprint density at radius 3 is 1.97 bits per heavy atom. The molecule has 4 heteroatoms. The van der Waals surface area contributed by atoms with Crippen LogP contribution in [0, 0.1) is 0 Å². The molecule has 4 aromatic carbocycles. The first-order chi connectivity index (χ1) is 15.7. The molecule has 0 aliphatic heterocycles. The highest BCUT2D eigenvalue weighted by Crippen LogP contribution is 2.45. The Balaban J connectivity index is 1.85. The molecule has 0 unspecified atom stereocenters. The zero-order valence-electron chi connectivity index (χ0n) is 17.5. The molecule has 0 aliphatic carbocycles. The van der Waals surface area contributed by atoms with Crippen molar-refractivity contribution < 1.29 is 9.47 Å². The van der Waals surface area contributed by atoms with Crippen LogP contribution in [0.25, 0.3) is 33.3 Å². The molecule has 32 heavy (non-hydrogen) atoms. The number of hydrogen-bond acceptors (Lipinski definition) is 3. The van der Waals surface area contributed by atoms with Crippen LogP contribution in [-0.2, 0) is 0 Å². The molecule has 0 spiro atoms. The van der Waals surface area contributed by atoms with Gasteiger partial charge in [0.05, 0.1) is 23.9 Å². The highest BCUT2D eigenvalue weighted by Gasteiger charge is 2.20. The molecular weight excluding hydrogens is 462 g/mol. The van der Waals surface area contributed by atoms with Crippen LogP contribution in [0.4, 0.5) is 0 Å². The first-order valence-electron chi connectivity index (χ1n) is 10.3. The van der Waals surface area contributed by atoms with Crippen molar-refractivity contribution in [1.29, 1.82) is 0 Å². The largest absolute Gasteiger partial charge is 0.497 e. The third-order valence-electron chi connectivity index (χ3n) is 5.29. The summed E-state index contributed by atoms with van der Waals surface area (Å²) in [7, 11) is 1.66. The van der Waals surface area contributed by atoms with Crippen molar-refractivity contribution in [3.63, 3.8) is 0 Å². The molecule has 5 aromatic rings. The number of aromatic nitrogens is 1. The summed E-state index contributed by atoms with van der Waals surface area (Å²) in [4.78, 5) is 5.08. The minimum Gasteiger partial charge on any atom is -0.497 e. The molecule has 0 amide bonds. The van der Waals surface area contributed by atoms with Crippen molar-refractivity contribution in [2.24, 2.45) is 0 Å². The second-order valence-corrected chi connectivity index (χ2v) is 8.25. The number of ether oxygens (including phenoxy) is 2. The Labute approximate surface area is 195 Å². The van der Waals surface area contributed by atoms with Gasteiger partial charge in [-0.3, -0.25) is 0 Å². The van der Waals surface area contributed by atoms with Crippen LogP contribution in [0.1, 0.15) is 0 Å². The van der Waals surface area contributed by atoms with E-state index in [-0.39, 0.29) is 0 Å². The van der Waals surface area contributed by atoms with Gasteiger partial charge in [0.1, 0.15) is 17.2 Å². The average Bonchev–Trinajstić information content (AvgIpc) is 2.85. The summed E-state index contributed by atoms with van der Waals surface area (Å²) < 4.78 is 13.0. The highest BCUT2D eigenvalue weighted by atomic mass is 79.9. The lowest BCUT2D eigenvalue weighted by molar-refractivity contribution is 0.415. The molecule has 0 fully saturated rings. The van der Waals surface area contributed by atoms with Crippen LogP contribution >= 0.6 is 15.9 Å². The van der Waals surface area contributed by atoms with Gasteiger partial charge in [0.25, 0.3) is 0 Å². The number of halogens is 1. The van der Waals surface area contributed by atoms with Crippen LogP contribution in [-0.4, -0.2) is 12.1 Å². The van der Waals surface area contributed by atoms with E-state index in [2.05, 4.69) is 40.2 Å². The minimum atomic E-state index is 0.756. The quantitative estimate of drug-likeness (QED) is 0.253. The van der Waals surface area contributed by atoms with Gasteiger partial charge in [0.15, 0.2) is 0 Å². The molecular formula is C28H20BrNO2. The average molecular weight is 482 g/mol. The van der Waals surface area contributed by atoms with E-state index in [1.807, 2.05) is 78.9 Å². The van der Waals surface area contributed by atoms with Crippen molar-refractivity contribution in [3.8, 4) is 39.6 Å². The van der Waals surface area contributed by atoms with Crippen LogP contribution in [0.15, 0.2) is 108 Å². The normalized spacial score (nSPS) is 10.8. The van der Waals surface area contributed by atoms with Gasteiger partial charge in [0.2, 0.25) is 0 Å². The van der Waals surface area contributed by atoms with Gasteiger partial charge >= 0.3 is 0 Å². The number of fused-ring (bicyclic) bond motifs is 1. The van der Waals surface area contributed by atoms with Crippen molar-refractivity contribution in [2.45, 2.75) is 0 Å². The lowest BCUT2D eigenvalue weighted by Gasteiger charge is -2.19. The fraction of sp³-hybridized carbons (Fsp3) is 0.0357. The first-order valence-corrected chi connectivity index (χ1v) is 11.1. The van der Waals surface area contributed by atoms with Gasteiger partial charge in [-0.1, -0.05) is 76.6 Å². The van der Waals surface area contributed by atoms with Crippen molar-refractivity contribution >= 4 is 26.8 Å². The predicted molar refractivity (Wildman–Crippen MR) is 133 cm³/mol. The number of methoxy groups -OCH3 is 1. The summed E-state index contributed by atoms with van der Waals surface area (Å²) >= 11 is 3.50. The maximum Gasteiger partial charge on any atom is 0.146 e. The van der Waals surface area contributed by atoms with E-state index in [0.29, 0.717) is 0 Å². The number of pyridine rings is 1. The summed E-state index contributed by atoms with van der Waals surface area (Å²) in [6, 6.07) is 34.2. The van der Waals surface area contributed by atoms with E-state index in [4.69, 9.17) is 14.5 Å². The topological polar surface area (TPSA) is 31.4 Å². The minimum absolute atomic E-state index is 0.756. The molecule has 1 heterocycles. The molecule has 0 bridgehead atoms. The molecule has 0 saturated heterocycles. The summed E-state index contributed by atoms with van der Waals surface area (Å²) in [6.45, 7) is 0. The summed E-state index contributed by atoms with van der Waals surface area (Å²) in [5.41, 5.74) is 4.71. The standard InChI is InChI=1S/C28H20BrNO2/c1-31-23-16-17-24-25(18-23)30-27(20-10-6-3-7-11-20)26(19-8-4-2-5-9-19)28(24)32-22-14-12-21(29)13-15-22/h2-18H,1H3. The maximum absolute atomic E-state index is 6.57. The molecule has 5 rings (SSSR count). The lowest BCUT2D eigenvalue weighted by atomic mass is 9.96. The number of nitrogens with zero attached hydrogens (tertiary/aromatic N) is 1. The number of benzene rings is 4. The molecule has 0 radical (unpaired) electrons. The van der Waals surface area contributed by atoms with Gasteiger partial charge in [-0.25, -0.2) is 4.98 Å². The Bertz CT molecular complexity index is 1370. The van der Waals surface area contributed by atoms with Crippen molar-refractivity contribution in [2.75, 3.05) is 7.11 Å². The summed E-state index contributed by atoms with van der Waals surface area (Å²) in [6.07, 6.45) is 0. The monoisotopic (exact) mass is 481 g/mol. The molecule has 3 nitrogen and oxygen atoms in total. The van der Waals surface area contributed by atoms with E-state index in [9.17, 15) is 0 Å². The molecule has 0 saturated carbocycles. The van der Waals surface area contributed by atoms with Crippen molar-refractivity contribution in [1.82, 2.24) is 4.98 Å². The number of rotatable bonds is 5. The van der Waals surface area contributed by atoms with E-state index in [1.165, 1.54) is 0 Å². The Morgan fingerprint density at radius 2 is 1.31 bits per heavy atom. The molecule has 0 aliphatic rings. The van der Waals surface area contributed by atoms with Crippen LogP contribution < -0.4 is 9.47 Å². The zero-order chi connectivity index (χ0) is 21.9. The van der Waals surface area contributed by atoms with Crippen molar-refractivity contribution in [3.05, 3.63) is 108 Å². The molecule has 1 aromatic heterocycles. The highest BCUT2D eigenvalue weighted by molar-refractivity contribution is 9.10. The van der Waals surface area contributed by atoms with Crippen LogP contribution in [0.5, 0.6) is 17.2 Å². The zero-order valence-corrected chi connectivity index (χ0v) is 19.0. The lowest BCUT2D eigenvalue weighted by Crippen LogP contribution is -1.97. The van der Waals surface area contributed by atoms with Gasteiger partial charge in [-0.05, 0) is 42.0 Å². The van der Waals surface area contributed by atoms with Gasteiger partial charge < -0.3 is 9.47 Å². The molecule has 0 N–H and O–H groups in total. The third kappa shape index (κ3) is 3.97. The second-order valence-electron chi connectivity index (χ2n) is 7.34. The Morgan fingerprint density at radius 1 is 0.688 bits per heavy atom. The van der Waals surface area contributed by atoms with Gasteiger partial charge in [-0.15, -0.1) is 0 Å². The fourth-order valence-electron chi connectivity index (χ4n) is 3.75. The van der Waals surface area contributed by atoms with E-state index >= 15 is 0 Å². The second kappa shape index (κ2) is 8.85. The van der Waals surface area contributed by atoms with Crippen LogP contribution in [0.3, 0.4) is 0 Å². The summed E-state index contributed by atoms with van der Waals surface area (Å²) in [5, 5.41) is 0.923. The fourth-order valence-corrected chi connectivity index (χ4v) is 4.01. The van der Waals surface area contributed by atoms with E-state index in [1.54, 1.807) is 7.11 Å². The Kier molecular flexibility index (Phi) is 5.61. The van der Waals surface area contributed by atoms with Gasteiger partial charge in [0, 0.05) is 21.5 Å². The van der Waals surface area contributed by atoms with E-state index in [0.717, 1.165) is 55.0 Å². The smallest absolute Gasteiger partial charge is 0.146 e. The SMILES string of the molecule is COc1ccc2c(Oc3ccc(Br)cc3)c(-c3ccccc3)c(-c3ccccc3)nc2c1. The van der Waals surface area contributed by atoms with E-state index < -0.39 is 0 Å². The van der Waals surface area contributed by atoms with Gasteiger partial charge in [-0.2, -0.15) is 0 Å². The third-order valence-corrected chi connectivity index (χ3v) is 5.82. The Hall–Kier alpha value is -3.63. The summed E-state index contributed by atoms with van der Waals surface area (Å²) in [5.74, 6) is 2.28. The number of hydrogen-bond donors (Lipinski definition) is 0. The maximum atomic E-state index is 6.57. The molecule has 0 atom stereocenters. The predicted octanol–water partition coefficient (Wildman–Crippen LogP) is 8.13. The molecule has 156 valence electrons.